The summed E-state index contributed by atoms with van der Waals surface area (Å²) >= 11 is 0. The molecule has 1 amide bonds. The van der Waals surface area contributed by atoms with Crippen molar-refractivity contribution in [3.63, 3.8) is 0 Å². The van der Waals surface area contributed by atoms with Crippen LogP contribution >= 0.6 is 0 Å². The molecule has 0 spiro atoms. The second-order valence-electron chi connectivity index (χ2n) is 8.60. The molecule has 0 aromatic carbocycles. The van der Waals surface area contributed by atoms with Crippen LogP contribution in [0.4, 0.5) is 0 Å². The van der Waals surface area contributed by atoms with Gasteiger partial charge in [-0.25, -0.2) is 0 Å². The van der Waals surface area contributed by atoms with Gasteiger partial charge in [-0.2, -0.15) is 0 Å². The standard InChI is InChI=1S/C18H30N2O2/c1-17(2)14(13-7-5-9-22-15(13)17)20-16(21)18-8-4-3-6-12(18)10-19-11-18/h12-15,19H,3-11H2,1-2H3,(H,20,21)/t12-,13?,14?,15?,18+/m0/s1. The van der Waals surface area contributed by atoms with E-state index in [1.807, 2.05) is 0 Å². The number of amides is 1. The molecule has 0 aromatic heterocycles. The van der Waals surface area contributed by atoms with E-state index in [-0.39, 0.29) is 10.8 Å². The zero-order valence-electron chi connectivity index (χ0n) is 14.0. The summed E-state index contributed by atoms with van der Waals surface area (Å²) in [7, 11) is 0. The van der Waals surface area contributed by atoms with Crippen LogP contribution in [0.15, 0.2) is 0 Å². The Morgan fingerprint density at radius 2 is 2.09 bits per heavy atom. The molecule has 2 aliphatic carbocycles. The molecule has 4 fully saturated rings. The van der Waals surface area contributed by atoms with Gasteiger partial charge in [-0.15, -0.1) is 0 Å². The molecule has 0 radical (unpaired) electrons. The molecule has 0 aromatic rings. The van der Waals surface area contributed by atoms with E-state index >= 15 is 0 Å². The topological polar surface area (TPSA) is 50.4 Å². The molecule has 2 saturated heterocycles. The van der Waals surface area contributed by atoms with Crippen molar-refractivity contribution in [2.24, 2.45) is 22.7 Å². The van der Waals surface area contributed by atoms with E-state index < -0.39 is 0 Å². The third kappa shape index (κ3) is 1.99. The molecule has 4 nitrogen and oxygen atoms in total. The molecule has 4 aliphatic rings. The van der Waals surface area contributed by atoms with E-state index in [1.54, 1.807) is 0 Å². The predicted molar refractivity (Wildman–Crippen MR) is 85.4 cm³/mol. The first-order chi connectivity index (χ1) is 10.6. The second-order valence-corrected chi connectivity index (χ2v) is 8.60. The van der Waals surface area contributed by atoms with Crippen LogP contribution < -0.4 is 10.6 Å². The maximum atomic E-state index is 13.2. The predicted octanol–water partition coefficient (Wildman–Crippen LogP) is 2.09. The number of nitrogens with one attached hydrogen (secondary N) is 2. The Morgan fingerprint density at radius 3 is 2.95 bits per heavy atom. The van der Waals surface area contributed by atoms with E-state index in [4.69, 9.17) is 4.74 Å². The van der Waals surface area contributed by atoms with Crippen molar-refractivity contribution in [3.8, 4) is 0 Å². The highest BCUT2D eigenvalue weighted by atomic mass is 16.5. The molecule has 2 saturated carbocycles. The monoisotopic (exact) mass is 306 g/mol. The molecule has 4 heteroatoms. The molecule has 4 rings (SSSR count). The quantitative estimate of drug-likeness (QED) is 0.821. The average molecular weight is 306 g/mol. The highest BCUT2D eigenvalue weighted by molar-refractivity contribution is 5.84. The average Bonchev–Trinajstić information content (AvgIpc) is 2.97. The van der Waals surface area contributed by atoms with Gasteiger partial charge in [-0.3, -0.25) is 4.79 Å². The molecule has 5 atom stereocenters. The fraction of sp³-hybridized carbons (Fsp3) is 0.944. The summed E-state index contributed by atoms with van der Waals surface area (Å²) in [5.41, 5.74) is -0.0531. The molecule has 2 N–H and O–H groups in total. The fourth-order valence-corrected chi connectivity index (χ4v) is 5.79. The molecule has 124 valence electrons. The van der Waals surface area contributed by atoms with Crippen LogP contribution in [0, 0.1) is 22.7 Å². The SMILES string of the molecule is CC1(C)C(NC(=O)[C@@]23CCCC[C@H]2CNC3)C2CCCOC21. The largest absolute Gasteiger partial charge is 0.377 e. The minimum atomic E-state index is -0.130. The van der Waals surface area contributed by atoms with Gasteiger partial charge in [0, 0.05) is 30.5 Å². The lowest BCUT2D eigenvalue weighted by Crippen LogP contribution is -2.71. The highest BCUT2D eigenvalue weighted by Gasteiger charge is 2.60. The molecular formula is C18H30N2O2. The normalized spacial score (nSPS) is 46.3. The molecule has 22 heavy (non-hydrogen) atoms. The maximum absolute atomic E-state index is 13.2. The molecule has 0 bridgehead atoms. The Hall–Kier alpha value is -0.610. The Morgan fingerprint density at radius 1 is 1.23 bits per heavy atom. The van der Waals surface area contributed by atoms with Gasteiger partial charge in [-0.1, -0.05) is 26.7 Å². The number of rotatable bonds is 2. The minimum absolute atomic E-state index is 0.0770. The van der Waals surface area contributed by atoms with Crippen LogP contribution in [0.5, 0.6) is 0 Å². The summed E-state index contributed by atoms with van der Waals surface area (Å²) in [6.07, 6.45) is 7.45. The molecular weight excluding hydrogens is 276 g/mol. The Kier molecular flexibility index (Phi) is 3.53. The van der Waals surface area contributed by atoms with Gasteiger partial charge >= 0.3 is 0 Å². The summed E-state index contributed by atoms with van der Waals surface area (Å²) in [5, 5.41) is 6.97. The van der Waals surface area contributed by atoms with Crippen LogP contribution in [-0.2, 0) is 9.53 Å². The van der Waals surface area contributed by atoms with E-state index in [2.05, 4.69) is 24.5 Å². The van der Waals surface area contributed by atoms with E-state index in [0.29, 0.717) is 29.9 Å². The number of ether oxygens (including phenoxy) is 1. The zero-order valence-corrected chi connectivity index (χ0v) is 14.0. The first-order valence-electron chi connectivity index (χ1n) is 9.19. The maximum Gasteiger partial charge on any atom is 0.228 e. The van der Waals surface area contributed by atoms with Crippen LogP contribution in [0.1, 0.15) is 52.4 Å². The number of hydrogen-bond acceptors (Lipinski definition) is 3. The number of carbonyl (C=O) groups is 1. The second kappa shape index (κ2) is 5.20. The number of fused-ring (bicyclic) bond motifs is 2. The van der Waals surface area contributed by atoms with Crippen molar-refractivity contribution in [3.05, 3.63) is 0 Å². The Bertz CT molecular complexity index is 464. The first kappa shape index (κ1) is 14.9. The lowest BCUT2D eigenvalue weighted by atomic mass is 9.55. The van der Waals surface area contributed by atoms with Crippen molar-refractivity contribution < 1.29 is 9.53 Å². The van der Waals surface area contributed by atoms with Gasteiger partial charge in [0.1, 0.15) is 0 Å². The van der Waals surface area contributed by atoms with Crippen molar-refractivity contribution in [1.82, 2.24) is 10.6 Å². The van der Waals surface area contributed by atoms with E-state index in [1.165, 1.54) is 25.7 Å². The van der Waals surface area contributed by atoms with Crippen LogP contribution in [0.3, 0.4) is 0 Å². The summed E-state index contributed by atoms with van der Waals surface area (Å²) in [6, 6.07) is 0.294. The van der Waals surface area contributed by atoms with Gasteiger partial charge < -0.3 is 15.4 Å². The van der Waals surface area contributed by atoms with E-state index in [9.17, 15) is 4.79 Å². The first-order valence-corrected chi connectivity index (χ1v) is 9.19. The number of hydrogen-bond donors (Lipinski definition) is 2. The van der Waals surface area contributed by atoms with Crippen molar-refractivity contribution in [1.29, 1.82) is 0 Å². The third-order valence-electron chi connectivity index (χ3n) is 7.11. The van der Waals surface area contributed by atoms with Crippen molar-refractivity contribution in [2.45, 2.75) is 64.5 Å². The lowest BCUT2D eigenvalue weighted by Gasteiger charge is -2.60. The molecule has 3 unspecified atom stereocenters. The van der Waals surface area contributed by atoms with Crippen molar-refractivity contribution >= 4 is 5.91 Å². The fourth-order valence-electron chi connectivity index (χ4n) is 5.79. The van der Waals surface area contributed by atoms with Gasteiger partial charge in [-0.05, 0) is 38.1 Å². The summed E-state index contributed by atoms with van der Waals surface area (Å²) in [4.78, 5) is 13.2. The molecule has 2 heterocycles. The molecule has 2 aliphatic heterocycles. The third-order valence-corrected chi connectivity index (χ3v) is 7.11. The van der Waals surface area contributed by atoms with Crippen LogP contribution in [0.2, 0.25) is 0 Å². The number of carbonyl (C=O) groups excluding carboxylic acids is 1. The Balaban J connectivity index is 1.50. The van der Waals surface area contributed by atoms with E-state index in [0.717, 1.165) is 32.5 Å². The highest BCUT2D eigenvalue weighted by Crippen LogP contribution is 2.52. The van der Waals surface area contributed by atoms with Gasteiger partial charge in [0.05, 0.1) is 11.5 Å². The van der Waals surface area contributed by atoms with Gasteiger partial charge in [0.2, 0.25) is 5.91 Å². The minimum Gasteiger partial charge on any atom is -0.377 e. The smallest absolute Gasteiger partial charge is 0.228 e. The summed E-state index contributed by atoms with van der Waals surface area (Å²) < 4.78 is 5.97. The lowest BCUT2D eigenvalue weighted by molar-refractivity contribution is -0.196. The van der Waals surface area contributed by atoms with Crippen molar-refractivity contribution in [2.75, 3.05) is 19.7 Å². The van der Waals surface area contributed by atoms with Gasteiger partial charge in [0.15, 0.2) is 0 Å². The van der Waals surface area contributed by atoms with Gasteiger partial charge in [0.25, 0.3) is 0 Å². The van der Waals surface area contributed by atoms with Crippen LogP contribution in [0.25, 0.3) is 0 Å². The summed E-state index contributed by atoms with van der Waals surface area (Å²) in [6.45, 7) is 7.31. The summed E-state index contributed by atoms with van der Waals surface area (Å²) in [5.74, 6) is 1.40. The zero-order chi connectivity index (χ0) is 15.4. The van der Waals surface area contributed by atoms with Crippen LogP contribution in [-0.4, -0.2) is 37.7 Å². The Labute approximate surface area is 133 Å².